The Morgan fingerprint density at radius 1 is 1.17 bits per heavy atom. The molecule has 0 aliphatic carbocycles. The van der Waals surface area contributed by atoms with Gasteiger partial charge in [-0.15, -0.1) is 0 Å². The van der Waals surface area contributed by atoms with Gasteiger partial charge >= 0.3 is 0 Å². The molecule has 1 fully saturated rings. The third-order valence-corrected chi connectivity index (χ3v) is 5.53. The summed E-state index contributed by atoms with van der Waals surface area (Å²) in [6, 6.07) is 14.3. The van der Waals surface area contributed by atoms with Crippen LogP contribution in [-0.4, -0.2) is 38.9 Å². The van der Waals surface area contributed by atoms with E-state index in [1.165, 1.54) is 12.3 Å². The molecule has 1 atom stereocenters. The number of nitrogens with one attached hydrogen (secondary N) is 2. The summed E-state index contributed by atoms with van der Waals surface area (Å²) in [5.74, 6) is -0.0337. The van der Waals surface area contributed by atoms with Gasteiger partial charge in [-0.2, -0.15) is 10.1 Å². The van der Waals surface area contributed by atoms with E-state index in [4.69, 9.17) is 11.6 Å². The van der Waals surface area contributed by atoms with Crippen molar-refractivity contribution in [2.45, 2.75) is 12.5 Å². The number of fused-ring (bicyclic) bond motifs is 1. The van der Waals surface area contributed by atoms with Crippen LogP contribution in [0.4, 0.5) is 16.0 Å². The van der Waals surface area contributed by atoms with E-state index in [0.717, 1.165) is 24.3 Å². The van der Waals surface area contributed by atoms with Gasteiger partial charge in [0, 0.05) is 24.8 Å². The van der Waals surface area contributed by atoms with Crippen LogP contribution in [0.2, 0.25) is 5.02 Å². The Bertz CT molecular complexity index is 1270. The maximum absolute atomic E-state index is 13.4. The first-order valence-corrected chi connectivity index (χ1v) is 9.96. The van der Waals surface area contributed by atoms with Crippen LogP contribution in [0.1, 0.15) is 6.42 Å². The Balaban J connectivity index is 1.39. The molecule has 9 heteroatoms. The fraction of sp³-hybridized carbons (Fsp3) is 0.190. The van der Waals surface area contributed by atoms with Crippen molar-refractivity contribution in [1.29, 1.82) is 0 Å². The van der Waals surface area contributed by atoms with Gasteiger partial charge in [-0.1, -0.05) is 29.8 Å². The Morgan fingerprint density at radius 2 is 2.00 bits per heavy atom. The van der Waals surface area contributed by atoms with Gasteiger partial charge in [-0.3, -0.25) is 9.78 Å². The molecule has 7 nitrogen and oxygen atoms in total. The van der Waals surface area contributed by atoms with Crippen molar-refractivity contribution in [3.05, 3.63) is 75.9 Å². The maximum Gasteiger partial charge on any atom is 0.263 e. The van der Waals surface area contributed by atoms with Crippen LogP contribution in [-0.2, 0) is 0 Å². The van der Waals surface area contributed by atoms with E-state index in [-0.39, 0.29) is 16.6 Å². The molecule has 0 radical (unpaired) electrons. The molecule has 2 N–H and O–H groups in total. The number of H-pyrrole nitrogens is 1. The number of anilines is 2. The van der Waals surface area contributed by atoms with Gasteiger partial charge in [-0.05, 0) is 36.8 Å². The summed E-state index contributed by atoms with van der Waals surface area (Å²) in [4.78, 5) is 22.0. The third-order valence-electron chi connectivity index (χ3n) is 5.24. The number of para-hydroxylation sites is 1. The highest BCUT2D eigenvalue weighted by atomic mass is 35.5. The van der Waals surface area contributed by atoms with Crippen molar-refractivity contribution in [1.82, 2.24) is 19.7 Å². The first-order chi connectivity index (χ1) is 14.6. The molecule has 2 aromatic carbocycles. The minimum Gasteiger partial charge on any atom is -0.369 e. The summed E-state index contributed by atoms with van der Waals surface area (Å²) in [5.41, 5.74) is 1.94. The van der Waals surface area contributed by atoms with Crippen LogP contribution in [0.5, 0.6) is 0 Å². The number of halogens is 2. The second-order valence-corrected chi connectivity index (χ2v) is 7.63. The van der Waals surface area contributed by atoms with Crippen LogP contribution in [0, 0.1) is 5.82 Å². The number of aromatic nitrogens is 4. The van der Waals surface area contributed by atoms with E-state index < -0.39 is 5.82 Å². The minimum absolute atomic E-state index is 0.0718. The van der Waals surface area contributed by atoms with E-state index in [1.54, 1.807) is 16.8 Å². The molecular weight excluding hydrogens is 407 g/mol. The first kappa shape index (κ1) is 18.6. The molecule has 1 aliphatic rings. The molecule has 1 saturated heterocycles. The topological polar surface area (TPSA) is 78.8 Å². The summed E-state index contributed by atoms with van der Waals surface area (Å²) in [6.45, 7) is 1.47. The predicted octanol–water partition coefficient (Wildman–Crippen LogP) is 3.59. The molecule has 3 heterocycles. The van der Waals surface area contributed by atoms with E-state index in [2.05, 4.69) is 25.3 Å². The fourth-order valence-corrected chi connectivity index (χ4v) is 3.91. The largest absolute Gasteiger partial charge is 0.369 e. The van der Waals surface area contributed by atoms with Crippen molar-refractivity contribution >= 4 is 34.3 Å². The van der Waals surface area contributed by atoms with Crippen molar-refractivity contribution in [3.63, 3.8) is 0 Å². The van der Waals surface area contributed by atoms with Gasteiger partial charge in [0.15, 0.2) is 5.65 Å². The van der Waals surface area contributed by atoms with Gasteiger partial charge < -0.3 is 10.2 Å². The first-order valence-electron chi connectivity index (χ1n) is 9.58. The van der Waals surface area contributed by atoms with Crippen LogP contribution in [0.25, 0.3) is 16.7 Å². The number of benzene rings is 2. The molecule has 1 unspecified atom stereocenters. The highest BCUT2D eigenvalue weighted by Gasteiger charge is 2.24. The summed E-state index contributed by atoms with van der Waals surface area (Å²) in [7, 11) is 0. The molecule has 0 spiro atoms. The highest BCUT2D eigenvalue weighted by molar-refractivity contribution is 6.31. The van der Waals surface area contributed by atoms with Crippen LogP contribution >= 0.6 is 11.6 Å². The van der Waals surface area contributed by atoms with Crippen LogP contribution in [0.15, 0.2) is 59.5 Å². The molecule has 1 aliphatic heterocycles. The Labute approximate surface area is 176 Å². The lowest BCUT2D eigenvalue weighted by Crippen LogP contribution is -2.27. The van der Waals surface area contributed by atoms with Crippen molar-refractivity contribution in [2.75, 3.05) is 23.3 Å². The zero-order valence-corrected chi connectivity index (χ0v) is 16.6. The Morgan fingerprint density at radius 3 is 2.80 bits per heavy atom. The number of rotatable bonds is 4. The zero-order chi connectivity index (χ0) is 20.7. The molecule has 5 rings (SSSR count). The molecule has 152 valence electrons. The van der Waals surface area contributed by atoms with Crippen LogP contribution in [0.3, 0.4) is 0 Å². The smallest absolute Gasteiger partial charge is 0.263 e. The van der Waals surface area contributed by atoms with Gasteiger partial charge in [0.05, 0.1) is 16.9 Å². The Hall–Kier alpha value is -3.39. The predicted molar refractivity (Wildman–Crippen MR) is 115 cm³/mol. The highest BCUT2D eigenvalue weighted by Crippen LogP contribution is 2.26. The fourth-order valence-electron chi connectivity index (χ4n) is 3.73. The molecular formula is C21H18ClFN6O. The summed E-state index contributed by atoms with van der Waals surface area (Å²) >= 11 is 5.91. The van der Waals surface area contributed by atoms with Crippen LogP contribution < -0.4 is 15.8 Å². The third kappa shape index (κ3) is 3.39. The zero-order valence-electron chi connectivity index (χ0n) is 15.8. The van der Waals surface area contributed by atoms with E-state index in [0.29, 0.717) is 23.5 Å². The second-order valence-electron chi connectivity index (χ2n) is 7.22. The molecule has 0 saturated carbocycles. The van der Waals surface area contributed by atoms with Gasteiger partial charge in [0.25, 0.3) is 5.56 Å². The number of hydrogen-bond acceptors (Lipinski definition) is 5. The molecule has 2 aromatic heterocycles. The summed E-state index contributed by atoms with van der Waals surface area (Å²) in [6.07, 6.45) is 2.36. The van der Waals surface area contributed by atoms with Gasteiger partial charge in [0.1, 0.15) is 11.2 Å². The summed E-state index contributed by atoms with van der Waals surface area (Å²) in [5, 5.41) is 8.17. The SMILES string of the molecule is O=c1[nH]c(NC2CCN(c3ccc(F)c(Cl)c3)C2)nc2c1cnn2-c1ccccc1. The average molecular weight is 425 g/mol. The number of aromatic amines is 1. The molecule has 4 aromatic rings. The van der Waals surface area contributed by atoms with Gasteiger partial charge in [-0.25, -0.2) is 9.07 Å². The average Bonchev–Trinajstić information content (AvgIpc) is 3.38. The van der Waals surface area contributed by atoms with Gasteiger partial charge in [0.2, 0.25) is 5.95 Å². The lowest BCUT2D eigenvalue weighted by Gasteiger charge is -2.19. The lowest BCUT2D eigenvalue weighted by molar-refractivity contribution is 0.628. The maximum atomic E-state index is 13.4. The van der Waals surface area contributed by atoms with E-state index >= 15 is 0 Å². The van der Waals surface area contributed by atoms with Crippen molar-refractivity contribution in [2.24, 2.45) is 0 Å². The molecule has 30 heavy (non-hydrogen) atoms. The van der Waals surface area contributed by atoms with Crippen molar-refractivity contribution in [3.8, 4) is 5.69 Å². The quantitative estimate of drug-likeness (QED) is 0.523. The summed E-state index contributed by atoms with van der Waals surface area (Å²) < 4.78 is 15.1. The minimum atomic E-state index is -0.431. The normalized spacial score (nSPS) is 16.3. The monoisotopic (exact) mass is 424 g/mol. The standard InChI is InChI=1S/C21H18ClFN6O/c22-17-10-15(6-7-18(17)23)28-9-8-13(12-28)25-21-26-19-16(20(30)27-21)11-24-29(19)14-4-2-1-3-5-14/h1-7,10-11,13H,8-9,12H2,(H2,25,26,27,30). The van der Waals surface area contributed by atoms with E-state index in [1.807, 2.05) is 30.3 Å². The van der Waals surface area contributed by atoms with Crippen molar-refractivity contribution < 1.29 is 4.39 Å². The number of hydrogen-bond donors (Lipinski definition) is 2. The Kier molecular flexibility index (Phi) is 4.63. The molecule has 0 bridgehead atoms. The van der Waals surface area contributed by atoms with E-state index in [9.17, 15) is 9.18 Å². The number of nitrogens with zero attached hydrogens (tertiary/aromatic N) is 4. The lowest BCUT2D eigenvalue weighted by atomic mass is 10.2. The second kappa shape index (κ2) is 7.46. The molecule has 0 amide bonds.